The number of nitrogens with zero attached hydrogens (tertiary/aromatic N) is 2. The fourth-order valence-corrected chi connectivity index (χ4v) is 1.85. The Bertz CT molecular complexity index is 614. The van der Waals surface area contributed by atoms with Crippen LogP contribution in [0.2, 0.25) is 0 Å². The molecule has 0 radical (unpaired) electrons. The normalized spacial score (nSPS) is 10.8. The van der Waals surface area contributed by atoms with Crippen molar-refractivity contribution in [1.82, 2.24) is 0 Å². The van der Waals surface area contributed by atoms with E-state index < -0.39 is 0 Å². The van der Waals surface area contributed by atoms with Crippen molar-refractivity contribution in [3.8, 4) is 11.5 Å². The zero-order valence-corrected chi connectivity index (χ0v) is 12.7. The van der Waals surface area contributed by atoms with Crippen LogP contribution in [0, 0.1) is 0 Å². The molecule has 0 heterocycles. The molecule has 22 heavy (non-hydrogen) atoms. The predicted octanol–water partition coefficient (Wildman–Crippen LogP) is 4.06. The van der Waals surface area contributed by atoms with Crippen LogP contribution in [0.15, 0.2) is 46.6 Å². The third kappa shape index (κ3) is 3.88. The molecule has 116 valence electrons. The Labute approximate surface area is 129 Å². The van der Waals surface area contributed by atoms with Crippen molar-refractivity contribution in [2.45, 2.75) is 13.8 Å². The first-order valence-corrected chi connectivity index (χ1v) is 7.10. The van der Waals surface area contributed by atoms with E-state index in [2.05, 4.69) is 10.2 Å². The smallest absolute Gasteiger partial charge is 0.144 e. The highest BCUT2D eigenvalue weighted by molar-refractivity contribution is 5.61. The van der Waals surface area contributed by atoms with Crippen LogP contribution in [-0.2, 0) is 0 Å². The molecule has 0 unspecified atom stereocenters. The lowest BCUT2D eigenvalue weighted by Gasteiger charge is -2.07. The molecule has 0 aliphatic carbocycles. The zero-order chi connectivity index (χ0) is 15.9. The van der Waals surface area contributed by atoms with Crippen molar-refractivity contribution in [3.63, 3.8) is 0 Å². The summed E-state index contributed by atoms with van der Waals surface area (Å²) in [4.78, 5) is 0. The molecule has 0 aromatic heterocycles. The third-order valence-electron chi connectivity index (χ3n) is 2.87. The van der Waals surface area contributed by atoms with Gasteiger partial charge in [-0.3, -0.25) is 0 Å². The van der Waals surface area contributed by atoms with Gasteiger partial charge >= 0.3 is 0 Å². The first kappa shape index (κ1) is 15.6. The summed E-state index contributed by atoms with van der Waals surface area (Å²) in [5.74, 6) is 1.21. The predicted molar refractivity (Wildman–Crippen MR) is 88.2 cm³/mol. The van der Waals surface area contributed by atoms with Gasteiger partial charge in [0.1, 0.15) is 11.5 Å². The van der Waals surface area contributed by atoms with E-state index in [1.807, 2.05) is 13.8 Å². The molecular formula is C16H20N4O2. The van der Waals surface area contributed by atoms with Crippen molar-refractivity contribution >= 4 is 22.7 Å². The van der Waals surface area contributed by atoms with E-state index in [-0.39, 0.29) is 0 Å². The van der Waals surface area contributed by atoms with E-state index in [1.165, 1.54) is 0 Å². The van der Waals surface area contributed by atoms with Crippen LogP contribution in [0.1, 0.15) is 13.8 Å². The monoisotopic (exact) mass is 300 g/mol. The number of rotatable bonds is 6. The van der Waals surface area contributed by atoms with Crippen LogP contribution >= 0.6 is 0 Å². The van der Waals surface area contributed by atoms with Gasteiger partial charge in [0.25, 0.3) is 0 Å². The van der Waals surface area contributed by atoms with Crippen molar-refractivity contribution < 1.29 is 9.47 Å². The molecule has 2 rings (SSSR count). The van der Waals surface area contributed by atoms with Gasteiger partial charge in [0, 0.05) is 12.1 Å². The Balaban J connectivity index is 2.21. The third-order valence-corrected chi connectivity index (χ3v) is 2.87. The van der Waals surface area contributed by atoms with Crippen LogP contribution in [-0.4, -0.2) is 13.2 Å². The summed E-state index contributed by atoms with van der Waals surface area (Å²) in [5, 5.41) is 8.37. The molecule has 0 spiro atoms. The lowest BCUT2D eigenvalue weighted by atomic mass is 10.2. The van der Waals surface area contributed by atoms with Crippen LogP contribution in [0.3, 0.4) is 0 Å². The highest BCUT2D eigenvalue weighted by atomic mass is 16.5. The van der Waals surface area contributed by atoms with E-state index in [4.69, 9.17) is 20.9 Å². The molecule has 6 nitrogen and oxygen atoms in total. The summed E-state index contributed by atoms with van der Waals surface area (Å²) in [6.07, 6.45) is 0. The van der Waals surface area contributed by atoms with Crippen molar-refractivity contribution in [3.05, 3.63) is 36.4 Å². The number of azo groups is 1. The van der Waals surface area contributed by atoms with Crippen molar-refractivity contribution in [2.24, 2.45) is 10.2 Å². The molecule has 0 aliphatic rings. The molecule has 2 aromatic rings. The van der Waals surface area contributed by atoms with Gasteiger partial charge in [-0.1, -0.05) is 0 Å². The minimum atomic E-state index is 0.542. The van der Waals surface area contributed by atoms with Crippen LogP contribution < -0.4 is 20.9 Å². The maximum Gasteiger partial charge on any atom is 0.144 e. The van der Waals surface area contributed by atoms with Crippen LogP contribution in [0.5, 0.6) is 11.5 Å². The lowest BCUT2D eigenvalue weighted by molar-refractivity contribution is 0.342. The highest BCUT2D eigenvalue weighted by Gasteiger charge is 2.03. The van der Waals surface area contributed by atoms with Gasteiger partial charge in [0.2, 0.25) is 0 Å². The Morgan fingerprint density at radius 3 is 1.55 bits per heavy atom. The van der Waals surface area contributed by atoms with E-state index in [0.717, 1.165) is 0 Å². The Hall–Kier alpha value is -2.76. The van der Waals surface area contributed by atoms with E-state index in [1.54, 1.807) is 36.4 Å². The molecular weight excluding hydrogens is 280 g/mol. The first-order chi connectivity index (χ1) is 10.6. The number of hydrogen-bond acceptors (Lipinski definition) is 6. The lowest BCUT2D eigenvalue weighted by Crippen LogP contribution is -1.96. The molecule has 0 fully saturated rings. The highest BCUT2D eigenvalue weighted by Crippen LogP contribution is 2.30. The average molecular weight is 300 g/mol. The number of nitrogens with two attached hydrogens (primary N) is 2. The second kappa shape index (κ2) is 7.31. The molecule has 2 aromatic carbocycles. The fourth-order valence-electron chi connectivity index (χ4n) is 1.85. The van der Waals surface area contributed by atoms with E-state index >= 15 is 0 Å². The number of hydrogen-bond donors (Lipinski definition) is 2. The van der Waals surface area contributed by atoms with Crippen LogP contribution in [0.4, 0.5) is 22.7 Å². The van der Waals surface area contributed by atoms with Gasteiger partial charge in [0.05, 0.1) is 36.0 Å². The summed E-state index contributed by atoms with van der Waals surface area (Å²) in [5.41, 5.74) is 14.1. The first-order valence-electron chi connectivity index (χ1n) is 7.10. The number of ether oxygens (including phenoxy) is 2. The molecule has 0 aliphatic heterocycles. The molecule has 0 bridgehead atoms. The van der Waals surface area contributed by atoms with E-state index in [9.17, 15) is 0 Å². The fraction of sp³-hybridized carbons (Fsp3) is 0.250. The quantitative estimate of drug-likeness (QED) is 0.621. The largest absolute Gasteiger partial charge is 0.492 e. The second-order valence-corrected chi connectivity index (χ2v) is 4.51. The number of nitrogen functional groups attached to an aromatic ring is 2. The molecule has 0 saturated carbocycles. The molecule has 0 atom stereocenters. The maximum absolute atomic E-state index is 5.82. The van der Waals surface area contributed by atoms with Crippen LogP contribution in [0.25, 0.3) is 0 Å². The second-order valence-electron chi connectivity index (χ2n) is 4.51. The molecule has 0 amide bonds. The van der Waals surface area contributed by atoms with Gasteiger partial charge < -0.3 is 20.9 Å². The summed E-state index contributed by atoms with van der Waals surface area (Å²) >= 11 is 0. The minimum absolute atomic E-state index is 0.542. The summed E-state index contributed by atoms with van der Waals surface area (Å²) in [6, 6.07) is 10.6. The van der Waals surface area contributed by atoms with Gasteiger partial charge in [-0.15, -0.1) is 0 Å². The van der Waals surface area contributed by atoms with Gasteiger partial charge in [-0.05, 0) is 38.1 Å². The molecule has 4 N–H and O–H groups in total. The Morgan fingerprint density at radius 1 is 0.773 bits per heavy atom. The Morgan fingerprint density at radius 2 is 1.18 bits per heavy atom. The van der Waals surface area contributed by atoms with Gasteiger partial charge in [-0.2, -0.15) is 10.2 Å². The molecule has 0 saturated heterocycles. The number of benzene rings is 2. The minimum Gasteiger partial charge on any atom is -0.492 e. The summed E-state index contributed by atoms with van der Waals surface area (Å²) in [6.45, 7) is 4.88. The van der Waals surface area contributed by atoms with E-state index in [0.29, 0.717) is 47.5 Å². The average Bonchev–Trinajstić information content (AvgIpc) is 2.51. The standard InChI is InChI=1S/C16H20N4O2/c1-3-21-15-9-11(5-7-13(15)17)19-20-12-6-8-14(18)16(10-12)22-4-2/h5-10H,3-4,17-18H2,1-2H3/b20-19+. The van der Waals surface area contributed by atoms with Crippen molar-refractivity contribution in [2.75, 3.05) is 24.7 Å². The topological polar surface area (TPSA) is 95.2 Å². The van der Waals surface area contributed by atoms with Gasteiger partial charge in [0.15, 0.2) is 0 Å². The number of anilines is 2. The summed E-state index contributed by atoms with van der Waals surface area (Å²) < 4.78 is 10.9. The van der Waals surface area contributed by atoms with Crippen molar-refractivity contribution in [1.29, 1.82) is 0 Å². The molecule has 6 heteroatoms. The zero-order valence-electron chi connectivity index (χ0n) is 12.7. The SMILES string of the molecule is CCOc1cc(/N=N/c2ccc(N)c(OCC)c2)ccc1N. The van der Waals surface area contributed by atoms with Gasteiger partial charge in [-0.25, -0.2) is 0 Å². The summed E-state index contributed by atoms with van der Waals surface area (Å²) in [7, 11) is 0. The Kier molecular flexibility index (Phi) is 5.19. The maximum atomic E-state index is 5.82.